The fourth-order valence-electron chi connectivity index (χ4n) is 3.91. The number of hydrogen-bond donors (Lipinski definition) is 0. The highest BCUT2D eigenvalue weighted by molar-refractivity contribution is 5.78. The molecule has 2 aromatic carbocycles. The number of rotatable bonds is 2. The van der Waals surface area contributed by atoms with E-state index >= 15 is 0 Å². The number of fused-ring (bicyclic) bond motifs is 2. The van der Waals surface area contributed by atoms with E-state index in [1.807, 2.05) is 12.1 Å². The highest BCUT2D eigenvalue weighted by Crippen LogP contribution is 2.36. The molecule has 0 radical (unpaired) electrons. The molecule has 1 aliphatic heterocycles. The van der Waals surface area contributed by atoms with Crippen molar-refractivity contribution in [3.8, 4) is 11.4 Å². The van der Waals surface area contributed by atoms with Crippen LogP contribution in [0.1, 0.15) is 22.6 Å². The van der Waals surface area contributed by atoms with E-state index in [-0.39, 0.29) is 0 Å². The molecule has 5 rings (SSSR count). The van der Waals surface area contributed by atoms with Crippen LogP contribution in [0.5, 0.6) is 0 Å². The Morgan fingerprint density at radius 2 is 1.92 bits per heavy atom. The third-order valence-electron chi connectivity index (χ3n) is 5.16. The maximum absolute atomic E-state index is 5.61. The van der Waals surface area contributed by atoms with E-state index in [0.717, 1.165) is 35.4 Å². The predicted molar refractivity (Wildman–Crippen MR) is 102 cm³/mol. The van der Waals surface area contributed by atoms with Crippen LogP contribution in [-0.2, 0) is 6.54 Å². The minimum atomic E-state index is 0.337. The number of benzene rings is 2. The molecular formula is C22H19N3O. The van der Waals surface area contributed by atoms with Gasteiger partial charge in [0.2, 0.25) is 0 Å². The van der Waals surface area contributed by atoms with Gasteiger partial charge in [0.25, 0.3) is 0 Å². The Labute approximate surface area is 152 Å². The number of hydrogen-bond acceptors (Lipinski definition) is 4. The molecule has 26 heavy (non-hydrogen) atoms. The molecule has 1 atom stereocenters. The Morgan fingerprint density at radius 1 is 1.04 bits per heavy atom. The monoisotopic (exact) mass is 341 g/mol. The van der Waals surface area contributed by atoms with Gasteiger partial charge in [0, 0.05) is 42.4 Å². The molecule has 1 aliphatic rings. The van der Waals surface area contributed by atoms with Gasteiger partial charge in [0.1, 0.15) is 5.58 Å². The number of nitrogens with zero attached hydrogens (tertiary/aromatic N) is 3. The largest absolute Gasteiger partial charge is 0.464 e. The van der Waals surface area contributed by atoms with Crippen molar-refractivity contribution >= 4 is 11.0 Å². The topological polar surface area (TPSA) is 42.2 Å². The second-order valence-corrected chi connectivity index (χ2v) is 6.95. The van der Waals surface area contributed by atoms with Gasteiger partial charge in [-0.25, -0.2) is 9.97 Å². The van der Waals surface area contributed by atoms with Crippen LogP contribution < -0.4 is 0 Å². The minimum absolute atomic E-state index is 0.337. The smallest absolute Gasteiger partial charge is 0.159 e. The number of likely N-dealkylation sites (N-methyl/N-ethyl adjacent to an activating group) is 1. The molecule has 3 heterocycles. The molecule has 4 aromatic rings. The van der Waals surface area contributed by atoms with Gasteiger partial charge in [-0.3, -0.25) is 0 Å². The van der Waals surface area contributed by atoms with Crippen molar-refractivity contribution in [2.75, 3.05) is 13.6 Å². The average molecular weight is 341 g/mol. The summed E-state index contributed by atoms with van der Waals surface area (Å²) in [5.41, 5.74) is 6.04. The van der Waals surface area contributed by atoms with Gasteiger partial charge in [-0.1, -0.05) is 24.3 Å². The average Bonchev–Trinajstić information content (AvgIpc) is 3.15. The normalized spacial score (nSPS) is 17.3. The Balaban J connectivity index is 1.59. The molecule has 0 spiro atoms. The summed E-state index contributed by atoms with van der Waals surface area (Å²) in [6.07, 6.45) is 5.33. The lowest BCUT2D eigenvalue weighted by atomic mass is 9.84. The van der Waals surface area contributed by atoms with Gasteiger partial charge in [-0.2, -0.15) is 0 Å². The Hall–Kier alpha value is -2.98. The maximum Gasteiger partial charge on any atom is 0.159 e. The van der Waals surface area contributed by atoms with Crippen molar-refractivity contribution in [2.45, 2.75) is 12.5 Å². The highest BCUT2D eigenvalue weighted by Gasteiger charge is 2.25. The molecule has 0 aliphatic carbocycles. The van der Waals surface area contributed by atoms with Crippen LogP contribution in [0.15, 0.2) is 71.6 Å². The van der Waals surface area contributed by atoms with Crippen LogP contribution in [0.25, 0.3) is 22.4 Å². The fraction of sp³-hybridized carbons (Fsp3) is 0.182. The zero-order valence-electron chi connectivity index (χ0n) is 14.6. The molecule has 0 amide bonds. The van der Waals surface area contributed by atoms with Crippen molar-refractivity contribution in [1.82, 2.24) is 14.9 Å². The van der Waals surface area contributed by atoms with Crippen molar-refractivity contribution in [1.29, 1.82) is 0 Å². The van der Waals surface area contributed by atoms with Crippen molar-refractivity contribution in [3.05, 3.63) is 83.9 Å². The van der Waals surface area contributed by atoms with E-state index in [1.54, 1.807) is 18.7 Å². The quantitative estimate of drug-likeness (QED) is 0.539. The van der Waals surface area contributed by atoms with Crippen molar-refractivity contribution in [3.63, 3.8) is 0 Å². The second kappa shape index (κ2) is 6.07. The molecule has 4 heteroatoms. The lowest BCUT2D eigenvalue weighted by molar-refractivity contribution is 0.295. The van der Waals surface area contributed by atoms with E-state index in [2.05, 4.69) is 58.3 Å². The summed E-state index contributed by atoms with van der Waals surface area (Å²) in [7, 11) is 2.17. The molecule has 0 saturated carbocycles. The van der Waals surface area contributed by atoms with Crippen LogP contribution in [0, 0.1) is 0 Å². The first-order valence-electron chi connectivity index (χ1n) is 8.84. The van der Waals surface area contributed by atoms with Gasteiger partial charge in [0.15, 0.2) is 5.82 Å². The van der Waals surface area contributed by atoms with Crippen LogP contribution in [0.2, 0.25) is 0 Å². The molecule has 2 aromatic heterocycles. The van der Waals surface area contributed by atoms with E-state index in [4.69, 9.17) is 4.42 Å². The highest BCUT2D eigenvalue weighted by atomic mass is 16.3. The molecule has 0 saturated heterocycles. The number of furan rings is 1. The summed E-state index contributed by atoms with van der Waals surface area (Å²) >= 11 is 0. The summed E-state index contributed by atoms with van der Waals surface area (Å²) < 4.78 is 5.61. The van der Waals surface area contributed by atoms with Crippen LogP contribution >= 0.6 is 0 Å². The lowest BCUT2D eigenvalue weighted by Crippen LogP contribution is -2.31. The van der Waals surface area contributed by atoms with E-state index in [0.29, 0.717) is 5.92 Å². The molecule has 1 unspecified atom stereocenters. The first kappa shape index (κ1) is 15.3. The van der Waals surface area contributed by atoms with Gasteiger partial charge < -0.3 is 9.32 Å². The van der Waals surface area contributed by atoms with E-state index in [9.17, 15) is 0 Å². The van der Waals surface area contributed by atoms with Crippen LogP contribution in [-0.4, -0.2) is 28.5 Å². The van der Waals surface area contributed by atoms with E-state index < -0.39 is 0 Å². The third kappa shape index (κ3) is 2.59. The van der Waals surface area contributed by atoms with Crippen molar-refractivity contribution in [2.24, 2.45) is 0 Å². The Bertz CT molecular complexity index is 1070. The molecule has 0 N–H and O–H groups in total. The third-order valence-corrected chi connectivity index (χ3v) is 5.16. The van der Waals surface area contributed by atoms with Gasteiger partial charge >= 0.3 is 0 Å². The maximum atomic E-state index is 5.61. The second-order valence-electron chi connectivity index (χ2n) is 6.95. The van der Waals surface area contributed by atoms with Gasteiger partial charge in [0.05, 0.1) is 6.26 Å². The lowest BCUT2D eigenvalue weighted by Gasteiger charge is -2.33. The van der Waals surface area contributed by atoms with E-state index in [1.165, 1.54) is 16.7 Å². The summed E-state index contributed by atoms with van der Waals surface area (Å²) in [6, 6.07) is 17.0. The zero-order valence-corrected chi connectivity index (χ0v) is 14.6. The predicted octanol–water partition coefficient (Wildman–Crippen LogP) is 4.47. The Kier molecular flexibility index (Phi) is 3.57. The van der Waals surface area contributed by atoms with Gasteiger partial charge in [-0.05, 0) is 48.0 Å². The Morgan fingerprint density at radius 3 is 2.81 bits per heavy atom. The summed E-state index contributed by atoms with van der Waals surface area (Å²) in [4.78, 5) is 11.1. The SMILES string of the molecule is CN1Cc2cc(-c3ncccn3)ccc2C(c2ccc3ccoc3c2)C1. The molecule has 4 nitrogen and oxygen atoms in total. The van der Waals surface area contributed by atoms with Crippen LogP contribution in [0.3, 0.4) is 0 Å². The van der Waals surface area contributed by atoms with Gasteiger partial charge in [-0.15, -0.1) is 0 Å². The fourth-order valence-corrected chi connectivity index (χ4v) is 3.91. The molecule has 0 bridgehead atoms. The first-order valence-corrected chi connectivity index (χ1v) is 8.84. The zero-order chi connectivity index (χ0) is 17.5. The summed E-state index contributed by atoms with van der Waals surface area (Å²) in [5, 5.41) is 1.15. The molecular weight excluding hydrogens is 322 g/mol. The summed E-state index contributed by atoms with van der Waals surface area (Å²) in [6.45, 7) is 1.94. The molecule has 128 valence electrons. The molecule has 0 fully saturated rings. The van der Waals surface area contributed by atoms with Crippen molar-refractivity contribution < 1.29 is 4.42 Å². The minimum Gasteiger partial charge on any atom is -0.464 e. The first-order chi connectivity index (χ1) is 12.8. The van der Waals surface area contributed by atoms with Crippen LogP contribution in [0.4, 0.5) is 0 Å². The standard InChI is InChI=1S/C22H19N3O/c1-25-13-18-11-17(22-23-8-2-9-24-22)5-6-19(18)20(14-25)16-4-3-15-7-10-26-21(15)12-16/h2-12,20H,13-14H2,1H3. The summed E-state index contributed by atoms with van der Waals surface area (Å²) in [5.74, 6) is 1.11. The number of aromatic nitrogens is 2.